The van der Waals surface area contributed by atoms with Gasteiger partial charge in [-0.05, 0) is 43.1 Å². The zero-order valence-electron chi connectivity index (χ0n) is 13.4. The highest BCUT2D eigenvalue weighted by Crippen LogP contribution is 2.36. The molecule has 0 radical (unpaired) electrons. The van der Waals surface area contributed by atoms with E-state index < -0.39 is 22.7 Å². The lowest BCUT2D eigenvalue weighted by Gasteiger charge is -2.12. The van der Waals surface area contributed by atoms with Crippen LogP contribution in [0.2, 0.25) is 5.02 Å². The average molecular weight is 371 g/mol. The van der Waals surface area contributed by atoms with Crippen LogP contribution in [0, 0.1) is 0 Å². The molecule has 0 aliphatic carbocycles. The maximum Gasteiger partial charge on any atom is 0.417 e. The van der Waals surface area contributed by atoms with E-state index >= 15 is 0 Å². The molecule has 0 atom stereocenters. The standard InChI is InChI=1S/C18H18ClF3N2O/c19-16-9-8-14(11-15(16)18(20,21)22)24-17(25)12-23-10-4-7-13-5-2-1-3-6-13/h1-3,5-6,8-9,11,23H,4,7,10,12H2,(H,24,25). The van der Waals surface area contributed by atoms with Gasteiger partial charge >= 0.3 is 6.18 Å². The third kappa shape index (κ3) is 6.40. The molecule has 0 aliphatic rings. The highest BCUT2D eigenvalue weighted by Gasteiger charge is 2.33. The molecular formula is C18H18ClF3N2O. The molecule has 0 saturated carbocycles. The van der Waals surface area contributed by atoms with Crippen molar-refractivity contribution in [3.05, 3.63) is 64.7 Å². The Morgan fingerprint density at radius 2 is 1.80 bits per heavy atom. The zero-order chi connectivity index (χ0) is 18.3. The van der Waals surface area contributed by atoms with Crippen molar-refractivity contribution in [2.24, 2.45) is 0 Å². The minimum absolute atomic E-state index is 0.0266. The Labute approximate surface area is 149 Å². The number of alkyl halides is 3. The van der Waals surface area contributed by atoms with Gasteiger partial charge in [-0.2, -0.15) is 13.2 Å². The fourth-order valence-corrected chi connectivity index (χ4v) is 2.51. The molecule has 0 bridgehead atoms. The normalized spacial score (nSPS) is 11.4. The van der Waals surface area contributed by atoms with Gasteiger partial charge in [-0.1, -0.05) is 41.9 Å². The topological polar surface area (TPSA) is 41.1 Å². The number of aryl methyl sites for hydroxylation is 1. The zero-order valence-corrected chi connectivity index (χ0v) is 14.1. The maximum atomic E-state index is 12.8. The molecule has 0 aromatic heterocycles. The number of benzene rings is 2. The van der Waals surface area contributed by atoms with Crippen LogP contribution in [-0.4, -0.2) is 19.0 Å². The largest absolute Gasteiger partial charge is 0.417 e. The van der Waals surface area contributed by atoms with Crippen LogP contribution in [0.25, 0.3) is 0 Å². The van der Waals surface area contributed by atoms with Gasteiger partial charge in [0, 0.05) is 5.69 Å². The van der Waals surface area contributed by atoms with E-state index in [0.717, 1.165) is 25.0 Å². The van der Waals surface area contributed by atoms with Crippen LogP contribution >= 0.6 is 11.6 Å². The maximum absolute atomic E-state index is 12.8. The van der Waals surface area contributed by atoms with Crippen LogP contribution in [0.4, 0.5) is 18.9 Å². The highest BCUT2D eigenvalue weighted by molar-refractivity contribution is 6.31. The summed E-state index contributed by atoms with van der Waals surface area (Å²) in [6.07, 6.45) is -2.81. The van der Waals surface area contributed by atoms with Crippen molar-refractivity contribution in [2.45, 2.75) is 19.0 Å². The van der Waals surface area contributed by atoms with E-state index in [4.69, 9.17) is 11.6 Å². The molecule has 0 spiro atoms. The molecule has 0 heterocycles. The lowest BCUT2D eigenvalue weighted by molar-refractivity contribution is -0.137. The number of rotatable bonds is 7. The van der Waals surface area contributed by atoms with E-state index in [9.17, 15) is 18.0 Å². The second kappa shape index (κ2) is 8.87. The fraction of sp³-hybridized carbons (Fsp3) is 0.278. The highest BCUT2D eigenvalue weighted by atomic mass is 35.5. The summed E-state index contributed by atoms with van der Waals surface area (Å²) in [5, 5.41) is 5.00. The molecule has 0 saturated heterocycles. The first kappa shape index (κ1) is 19.3. The van der Waals surface area contributed by atoms with E-state index in [2.05, 4.69) is 10.6 Å². The van der Waals surface area contributed by atoms with Gasteiger partial charge in [-0.3, -0.25) is 4.79 Å². The number of halogens is 4. The number of carbonyl (C=O) groups is 1. The molecule has 0 aliphatic heterocycles. The molecule has 2 aromatic rings. The lowest BCUT2D eigenvalue weighted by Crippen LogP contribution is -2.29. The third-order valence-electron chi connectivity index (χ3n) is 3.50. The summed E-state index contributed by atoms with van der Waals surface area (Å²) in [5.74, 6) is -0.407. The Hall–Kier alpha value is -2.05. The van der Waals surface area contributed by atoms with Crippen LogP contribution in [0.1, 0.15) is 17.5 Å². The summed E-state index contributed by atoms with van der Waals surface area (Å²) < 4.78 is 38.4. The Kier molecular flexibility index (Phi) is 6.84. The Morgan fingerprint density at radius 1 is 1.08 bits per heavy atom. The summed E-state index contributed by atoms with van der Waals surface area (Å²) in [5.41, 5.74) is 0.310. The smallest absolute Gasteiger partial charge is 0.325 e. The number of nitrogens with one attached hydrogen (secondary N) is 2. The van der Waals surface area contributed by atoms with E-state index in [1.807, 2.05) is 30.3 Å². The Morgan fingerprint density at radius 3 is 2.48 bits per heavy atom. The third-order valence-corrected chi connectivity index (χ3v) is 3.83. The van der Waals surface area contributed by atoms with Crippen LogP contribution in [0.3, 0.4) is 0 Å². The van der Waals surface area contributed by atoms with E-state index in [0.29, 0.717) is 6.54 Å². The number of anilines is 1. The molecule has 2 N–H and O–H groups in total. The first-order valence-electron chi connectivity index (χ1n) is 7.77. The predicted octanol–water partition coefficient (Wildman–Crippen LogP) is 4.52. The molecule has 0 fully saturated rings. The summed E-state index contributed by atoms with van der Waals surface area (Å²) in [4.78, 5) is 11.8. The van der Waals surface area contributed by atoms with Gasteiger partial charge in [0.25, 0.3) is 0 Å². The average Bonchev–Trinajstić information content (AvgIpc) is 2.56. The molecule has 2 aromatic carbocycles. The van der Waals surface area contributed by atoms with Crippen LogP contribution < -0.4 is 10.6 Å². The molecular weight excluding hydrogens is 353 g/mol. The number of amides is 1. The minimum Gasteiger partial charge on any atom is -0.325 e. The molecule has 25 heavy (non-hydrogen) atoms. The summed E-state index contributed by atoms with van der Waals surface area (Å²) in [7, 11) is 0. The fourth-order valence-electron chi connectivity index (χ4n) is 2.29. The molecule has 3 nitrogen and oxygen atoms in total. The van der Waals surface area contributed by atoms with E-state index in [-0.39, 0.29) is 12.2 Å². The first-order chi connectivity index (χ1) is 11.9. The van der Waals surface area contributed by atoms with Gasteiger partial charge in [0.05, 0.1) is 17.1 Å². The van der Waals surface area contributed by atoms with Crippen molar-refractivity contribution in [1.82, 2.24) is 5.32 Å². The van der Waals surface area contributed by atoms with Crippen LogP contribution in [-0.2, 0) is 17.4 Å². The second-order valence-electron chi connectivity index (χ2n) is 5.51. The van der Waals surface area contributed by atoms with Gasteiger partial charge in [-0.25, -0.2) is 0 Å². The van der Waals surface area contributed by atoms with Crippen LogP contribution in [0.15, 0.2) is 48.5 Å². The lowest BCUT2D eigenvalue weighted by atomic mass is 10.1. The van der Waals surface area contributed by atoms with E-state index in [1.165, 1.54) is 11.6 Å². The van der Waals surface area contributed by atoms with Gasteiger partial charge < -0.3 is 10.6 Å². The number of hydrogen-bond donors (Lipinski definition) is 2. The van der Waals surface area contributed by atoms with Gasteiger partial charge in [0.1, 0.15) is 0 Å². The van der Waals surface area contributed by atoms with Crippen molar-refractivity contribution in [3.63, 3.8) is 0 Å². The number of carbonyl (C=O) groups excluding carboxylic acids is 1. The van der Waals surface area contributed by atoms with Gasteiger partial charge in [0.15, 0.2) is 0 Å². The van der Waals surface area contributed by atoms with Crippen molar-refractivity contribution in [1.29, 1.82) is 0 Å². The van der Waals surface area contributed by atoms with E-state index in [1.54, 1.807) is 0 Å². The van der Waals surface area contributed by atoms with Crippen molar-refractivity contribution in [3.8, 4) is 0 Å². The van der Waals surface area contributed by atoms with Crippen molar-refractivity contribution < 1.29 is 18.0 Å². The molecule has 0 unspecified atom stereocenters. The minimum atomic E-state index is -4.56. The van der Waals surface area contributed by atoms with Gasteiger partial charge in [-0.15, -0.1) is 0 Å². The summed E-state index contributed by atoms with van der Waals surface area (Å²) in [6.45, 7) is 0.662. The number of hydrogen-bond acceptors (Lipinski definition) is 2. The van der Waals surface area contributed by atoms with Crippen LogP contribution in [0.5, 0.6) is 0 Å². The summed E-state index contributed by atoms with van der Waals surface area (Å²) >= 11 is 5.54. The molecule has 134 valence electrons. The first-order valence-corrected chi connectivity index (χ1v) is 8.15. The monoisotopic (exact) mass is 370 g/mol. The molecule has 1 amide bonds. The second-order valence-corrected chi connectivity index (χ2v) is 5.91. The quantitative estimate of drug-likeness (QED) is 0.703. The van der Waals surface area contributed by atoms with Crippen molar-refractivity contribution in [2.75, 3.05) is 18.4 Å². The Bertz CT molecular complexity index is 705. The molecule has 7 heteroatoms. The summed E-state index contributed by atoms with van der Waals surface area (Å²) in [6, 6.07) is 13.2. The Balaban J connectivity index is 1.75. The molecule has 2 rings (SSSR count). The van der Waals surface area contributed by atoms with Crippen molar-refractivity contribution >= 4 is 23.2 Å². The SMILES string of the molecule is O=C(CNCCCc1ccccc1)Nc1ccc(Cl)c(C(F)(F)F)c1. The predicted molar refractivity (Wildman–Crippen MR) is 92.7 cm³/mol. The van der Waals surface area contributed by atoms with Gasteiger partial charge in [0.2, 0.25) is 5.91 Å².